The molecule has 1 aliphatic heterocycles. The van der Waals surface area contributed by atoms with Crippen molar-refractivity contribution >= 4 is 11.7 Å². The number of aromatic nitrogens is 2. The number of amides is 2. The first-order valence-corrected chi connectivity index (χ1v) is 7.45. The number of H-pyrrole nitrogens is 1. The van der Waals surface area contributed by atoms with Crippen molar-refractivity contribution < 1.29 is 4.79 Å². The average molecular weight is 299 g/mol. The Morgan fingerprint density at radius 1 is 1.41 bits per heavy atom. The summed E-state index contributed by atoms with van der Waals surface area (Å²) in [5, 5.41) is 9.86. The molecule has 3 rings (SSSR count). The summed E-state index contributed by atoms with van der Waals surface area (Å²) in [6, 6.07) is 10.1. The van der Waals surface area contributed by atoms with Gasteiger partial charge in [0.1, 0.15) is 0 Å². The standard InChI is InChI=1S/C16H21N5O/c1-20(2)14-7-9-21(11-14)16(22)18-13-5-3-4-12(10-13)15-6-8-17-19-15/h3-6,8,10,14H,7,9,11H2,1-2H3,(H,17,19)(H,18,22)/t14-/m0/s1. The summed E-state index contributed by atoms with van der Waals surface area (Å²) in [7, 11) is 4.11. The van der Waals surface area contributed by atoms with Gasteiger partial charge in [0.05, 0.1) is 5.69 Å². The molecule has 1 aliphatic rings. The zero-order chi connectivity index (χ0) is 15.5. The Morgan fingerprint density at radius 3 is 2.95 bits per heavy atom. The largest absolute Gasteiger partial charge is 0.323 e. The third kappa shape index (κ3) is 3.12. The second-order valence-electron chi connectivity index (χ2n) is 5.83. The van der Waals surface area contributed by atoms with Crippen molar-refractivity contribution in [1.29, 1.82) is 0 Å². The van der Waals surface area contributed by atoms with E-state index in [4.69, 9.17) is 0 Å². The van der Waals surface area contributed by atoms with Gasteiger partial charge in [-0.15, -0.1) is 0 Å². The minimum atomic E-state index is -0.0360. The van der Waals surface area contributed by atoms with Gasteiger partial charge in [-0.2, -0.15) is 5.10 Å². The van der Waals surface area contributed by atoms with Crippen LogP contribution in [0, 0.1) is 0 Å². The maximum Gasteiger partial charge on any atom is 0.321 e. The summed E-state index contributed by atoms with van der Waals surface area (Å²) in [5.41, 5.74) is 2.73. The summed E-state index contributed by atoms with van der Waals surface area (Å²) >= 11 is 0. The molecule has 2 heterocycles. The summed E-state index contributed by atoms with van der Waals surface area (Å²) in [6.07, 6.45) is 2.74. The van der Waals surface area contributed by atoms with E-state index in [1.54, 1.807) is 6.20 Å². The number of carbonyl (C=O) groups excluding carboxylic acids is 1. The Hall–Kier alpha value is -2.34. The van der Waals surface area contributed by atoms with Crippen LogP contribution in [0.25, 0.3) is 11.3 Å². The second kappa shape index (κ2) is 6.19. The van der Waals surface area contributed by atoms with E-state index < -0.39 is 0 Å². The molecule has 1 aromatic heterocycles. The molecule has 0 aliphatic carbocycles. The van der Waals surface area contributed by atoms with E-state index in [9.17, 15) is 4.79 Å². The number of likely N-dealkylation sites (N-methyl/N-ethyl adjacent to an activating group) is 1. The molecule has 6 heteroatoms. The number of likely N-dealkylation sites (tertiary alicyclic amines) is 1. The number of aromatic amines is 1. The predicted molar refractivity (Wildman–Crippen MR) is 86.7 cm³/mol. The molecule has 6 nitrogen and oxygen atoms in total. The first-order chi connectivity index (χ1) is 10.6. The topological polar surface area (TPSA) is 64.3 Å². The van der Waals surface area contributed by atoms with Gasteiger partial charge in [0.2, 0.25) is 0 Å². The van der Waals surface area contributed by atoms with Crippen LogP contribution < -0.4 is 5.32 Å². The minimum Gasteiger partial charge on any atom is -0.323 e. The number of carbonyl (C=O) groups is 1. The van der Waals surface area contributed by atoms with E-state index in [2.05, 4.69) is 34.5 Å². The van der Waals surface area contributed by atoms with Crippen LogP contribution in [0.4, 0.5) is 10.5 Å². The maximum atomic E-state index is 12.4. The molecular formula is C16H21N5O. The molecule has 2 amide bonds. The molecule has 1 fully saturated rings. The highest BCUT2D eigenvalue weighted by Gasteiger charge is 2.27. The van der Waals surface area contributed by atoms with Crippen LogP contribution in [-0.2, 0) is 0 Å². The Bertz CT molecular complexity index is 638. The molecule has 0 radical (unpaired) electrons. The molecule has 2 N–H and O–H groups in total. The number of rotatable bonds is 3. The smallest absolute Gasteiger partial charge is 0.321 e. The predicted octanol–water partition coefficient (Wildman–Crippen LogP) is 2.24. The fraction of sp³-hybridized carbons (Fsp3) is 0.375. The van der Waals surface area contributed by atoms with E-state index in [0.717, 1.165) is 36.5 Å². The fourth-order valence-corrected chi connectivity index (χ4v) is 2.73. The molecule has 22 heavy (non-hydrogen) atoms. The van der Waals surface area contributed by atoms with Crippen molar-refractivity contribution in [2.45, 2.75) is 12.5 Å². The molecule has 0 saturated carbocycles. The van der Waals surface area contributed by atoms with E-state index in [1.165, 1.54) is 0 Å². The minimum absolute atomic E-state index is 0.0360. The van der Waals surface area contributed by atoms with Crippen molar-refractivity contribution in [2.75, 3.05) is 32.5 Å². The zero-order valence-electron chi connectivity index (χ0n) is 12.9. The lowest BCUT2D eigenvalue weighted by atomic mass is 10.1. The van der Waals surface area contributed by atoms with Gasteiger partial charge >= 0.3 is 6.03 Å². The third-order valence-electron chi connectivity index (χ3n) is 4.11. The number of hydrogen-bond donors (Lipinski definition) is 2. The van der Waals surface area contributed by atoms with Crippen molar-refractivity contribution in [2.24, 2.45) is 0 Å². The van der Waals surface area contributed by atoms with Crippen molar-refractivity contribution in [3.8, 4) is 11.3 Å². The van der Waals surface area contributed by atoms with E-state index in [0.29, 0.717) is 6.04 Å². The lowest BCUT2D eigenvalue weighted by molar-refractivity contribution is 0.216. The molecular weight excluding hydrogens is 278 g/mol. The van der Waals surface area contributed by atoms with Crippen molar-refractivity contribution in [3.05, 3.63) is 36.5 Å². The molecule has 0 bridgehead atoms. The Morgan fingerprint density at radius 2 is 2.27 bits per heavy atom. The SMILES string of the molecule is CN(C)[C@H]1CCN(C(=O)Nc2cccc(-c3ccn[nH]3)c2)C1. The molecule has 2 aromatic rings. The Balaban J connectivity index is 1.66. The van der Waals surface area contributed by atoms with E-state index in [1.807, 2.05) is 35.2 Å². The summed E-state index contributed by atoms with van der Waals surface area (Å²) in [5.74, 6) is 0. The number of nitrogens with one attached hydrogen (secondary N) is 2. The van der Waals surface area contributed by atoms with Gasteiger partial charge in [-0.25, -0.2) is 4.79 Å². The number of benzene rings is 1. The molecule has 0 spiro atoms. The Kier molecular flexibility index (Phi) is 4.11. The highest BCUT2D eigenvalue weighted by molar-refractivity contribution is 5.90. The molecule has 116 valence electrons. The van der Waals surface area contributed by atoms with Crippen LogP contribution in [0.5, 0.6) is 0 Å². The van der Waals surface area contributed by atoms with Gasteiger partial charge < -0.3 is 15.1 Å². The van der Waals surface area contributed by atoms with Crippen LogP contribution in [-0.4, -0.2) is 59.3 Å². The van der Waals surface area contributed by atoms with Crippen LogP contribution in [0.1, 0.15) is 6.42 Å². The van der Waals surface area contributed by atoms with Crippen LogP contribution in [0.3, 0.4) is 0 Å². The number of nitrogens with zero attached hydrogens (tertiary/aromatic N) is 3. The summed E-state index contributed by atoms with van der Waals surface area (Å²) < 4.78 is 0. The molecule has 1 atom stereocenters. The van der Waals surface area contributed by atoms with Crippen molar-refractivity contribution in [3.63, 3.8) is 0 Å². The van der Waals surface area contributed by atoms with E-state index >= 15 is 0 Å². The van der Waals surface area contributed by atoms with Crippen LogP contribution in [0.15, 0.2) is 36.5 Å². The third-order valence-corrected chi connectivity index (χ3v) is 4.11. The molecule has 1 aromatic carbocycles. The lowest BCUT2D eigenvalue weighted by Crippen LogP contribution is -2.36. The average Bonchev–Trinajstić information content (AvgIpc) is 3.19. The van der Waals surface area contributed by atoms with Crippen LogP contribution in [0.2, 0.25) is 0 Å². The first-order valence-electron chi connectivity index (χ1n) is 7.45. The van der Waals surface area contributed by atoms with Gasteiger partial charge in [0.15, 0.2) is 0 Å². The van der Waals surface area contributed by atoms with E-state index in [-0.39, 0.29) is 6.03 Å². The summed E-state index contributed by atoms with van der Waals surface area (Å²) in [4.78, 5) is 16.4. The zero-order valence-corrected chi connectivity index (χ0v) is 12.9. The van der Waals surface area contributed by atoms with Gasteiger partial charge in [0, 0.05) is 36.6 Å². The van der Waals surface area contributed by atoms with Gasteiger partial charge in [0.25, 0.3) is 0 Å². The fourth-order valence-electron chi connectivity index (χ4n) is 2.73. The van der Waals surface area contributed by atoms with Gasteiger partial charge in [-0.1, -0.05) is 12.1 Å². The molecule has 1 saturated heterocycles. The first kappa shape index (κ1) is 14.6. The number of hydrogen-bond acceptors (Lipinski definition) is 3. The molecule has 0 unspecified atom stereocenters. The quantitative estimate of drug-likeness (QED) is 0.913. The summed E-state index contributed by atoms with van der Waals surface area (Å²) in [6.45, 7) is 1.58. The maximum absolute atomic E-state index is 12.4. The second-order valence-corrected chi connectivity index (χ2v) is 5.83. The number of urea groups is 1. The lowest BCUT2D eigenvalue weighted by Gasteiger charge is -2.20. The number of anilines is 1. The van der Waals surface area contributed by atoms with Crippen LogP contribution >= 0.6 is 0 Å². The monoisotopic (exact) mass is 299 g/mol. The normalized spacial score (nSPS) is 18.0. The van der Waals surface area contributed by atoms with Gasteiger partial charge in [-0.05, 0) is 38.7 Å². The van der Waals surface area contributed by atoms with Gasteiger partial charge in [-0.3, -0.25) is 5.10 Å². The van der Waals surface area contributed by atoms with Crippen molar-refractivity contribution in [1.82, 2.24) is 20.0 Å². The Labute approximate surface area is 130 Å². The highest BCUT2D eigenvalue weighted by atomic mass is 16.2. The highest BCUT2D eigenvalue weighted by Crippen LogP contribution is 2.21.